The SMILES string of the molecule is CCN(c1cc2oc(-c3ccc(F)cc3F)c(C(=O)NC)c2cc1-c1ccc2nc(CN3CC[C@@H](F)C3)n3c4cccc(F)c4cc3c2n1)S(=O)[O-]. The number of hydrogen-bond donors (Lipinski definition) is 1. The van der Waals surface area contributed by atoms with Crippen LogP contribution >= 0.6 is 0 Å². The zero-order valence-corrected chi connectivity index (χ0v) is 28.6. The minimum atomic E-state index is -2.76. The molecule has 1 fully saturated rings. The first-order valence-electron chi connectivity index (χ1n) is 16.5. The number of likely N-dealkylation sites (tertiary alicyclic amines) is 1. The molecular weight excluding hydrogens is 701 g/mol. The van der Waals surface area contributed by atoms with Crippen molar-refractivity contribution >= 4 is 61.3 Å². The Labute approximate surface area is 296 Å². The van der Waals surface area contributed by atoms with Crippen LogP contribution in [0.2, 0.25) is 0 Å². The number of benzene rings is 3. The van der Waals surface area contributed by atoms with Gasteiger partial charge in [0.25, 0.3) is 5.91 Å². The van der Waals surface area contributed by atoms with Gasteiger partial charge < -0.3 is 18.6 Å². The molecule has 1 N–H and O–H groups in total. The zero-order chi connectivity index (χ0) is 36.4. The number of hydrogen-bond acceptors (Lipinski definition) is 7. The van der Waals surface area contributed by atoms with Crippen LogP contribution < -0.4 is 9.62 Å². The van der Waals surface area contributed by atoms with E-state index in [1.54, 1.807) is 43.3 Å². The van der Waals surface area contributed by atoms with Crippen molar-refractivity contribution in [2.45, 2.75) is 26.1 Å². The van der Waals surface area contributed by atoms with Gasteiger partial charge in [0.15, 0.2) is 5.76 Å². The second-order valence-corrected chi connectivity index (χ2v) is 13.4. The third-order valence-corrected chi connectivity index (χ3v) is 10.3. The van der Waals surface area contributed by atoms with Gasteiger partial charge in [-0.15, -0.1) is 0 Å². The summed E-state index contributed by atoms with van der Waals surface area (Å²) in [4.78, 5) is 25.2. The maximum atomic E-state index is 15.2. The number of anilines is 1. The fraction of sp³-hybridized carbons (Fsp3) is 0.216. The summed E-state index contributed by atoms with van der Waals surface area (Å²) in [5.74, 6) is -2.45. The van der Waals surface area contributed by atoms with Crippen LogP contribution in [0.1, 0.15) is 29.5 Å². The molecule has 1 amide bonds. The van der Waals surface area contributed by atoms with Gasteiger partial charge in [0.05, 0.1) is 45.6 Å². The first-order chi connectivity index (χ1) is 25.1. The van der Waals surface area contributed by atoms with E-state index in [-0.39, 0.29) is 57.9 Å². The third-order valence-electron chi connectivity index (χ3n) is 9.44. The van der Waals surface area contributed by atoms with E-state index >= 15 is 8.78 Å². The number of furan rings is 1. The highest BCUT2D eigenvalue weighted by Gasteiger charge is 2.28. The van der Waals surface area contributed by atoms with Crippen molar-refractivity contribution in [3.63, 3.8) is 0 Å². The van der Waals surface area contributed by atoms with Crippen LogP contribution in [0.15, 0.2) is 71.1 Å². The number of rotatable bonds is 8. The lowest BCUT2D eigenvalue weighted by atomic mass is 10.00. The summed E-state index contributed by atoms with van der Waals surface area (Å²) in [6.45, 7) is 2.77. The fourth-order valence-corrected chi connectivity index (χ4v) is 7.59. The molecule has 3 aromatic carbocycles. The number of amides is 1. The molecule has 15 heteroatoms. The quantitative estimate of drug-likeness (QED) is 0.132. The van der Waals surface area contributed by atoms with Gasteiger partial charge in [-0.1, -0.05) is 6.07 Å². The van der Waals surface area contributed by atoms with E-state index in [1.807, 2.05) is 9.30 Å². The van der Waals surface area contributed by atoms with E-state index in [0.717, 1.165) is 16.4 Å². The second-order valence-electron chi connectivity index (χ2n) is 12.5. The molecule has 7 aromatic rings. The number of aromatic nitrogens is 3. The molecule has 1 aliphatic heterocycles. The van der Waals surface area contributed by atoms with Gasteiger partial charge in [-0.25, -0.2) is 27.5 Å². The zero-order valence-electron chi connectivity index (χ0n) is 27.8. The van der Waals surface area contributed by atoms with Crippen LogP contribution in [0.3, 0.4) is 0 Å². The summed E-state index contributed by atoms with van der Waals surface area (Å²) < 4.78 is 92.3. The largest absolute Gasteiger partial charge is 0.755 e. The number of carbonyl (C=O) groups is 1. The molecule has 2 atom stereocenters. The summed E-state index contributed by atoms with van der Waals surface area (Å²) in [7, 11) is 1.39. The first-order valence-corrected chi connectivity index (χ1v) is 17.5. The highest BCUT2D eigenvalue weighted by Crippen LogP contribution is 2.42. The van der Waals surface area contributed by atoms with Gasteiger partial charge in [0.1, 0.15) is 40.5 Å². The molecule has 1 unspecified atom stereocenters. The maximum Gasteiger partial charge on any atom is 0.255 e. The first kappa shape index (κ1) is 33.7. The van der Waals surface area contributed by atoms with Crippen LogP contribution in [0, 0.1) is 17.5 Å². The van der Waals surface area contributed by atoms with Crippen molar-refractivity contribution in [1.29, 1.82) is 0 Å². The standard InChI is InChI=1S/C37H30F4N6O4S/c1-3-46(52(49)50)30-16-32-24(34(37(48)42-2)36(51-32)21-8-7-19(38)13-26(21)41)14-23(30)27-9-10-28-35(44-27)31-15-22-25(40)5-4-6-29(22)47(31)33(43-28)18-45-12-11-20(39)17-45/h4-10,13-16,20H,3,11-12,17-18H2,1-2H3,(H,42,48)(H,49,50)/p-1/t20-/m1/s1. The summed E-state index contributed by atoms with van der Waals surface area (Å²) in [6, 6.07) is 15.6. The van der Waals surface area contributed by atoms with Crippen LogP contribution in [-0.2, 0) is 17.8 Å². The lowest BCUT2D eigenvalue weighted by molar-refractivity contribution is 0.0964. The monoisotopic (exact) mass is 729 g/mol. The highest BCUT2D eigenvalue weighted by molar-refractivity contribution is 7.80. The Balaban J connectivity index is 1.40. The molecule has 0 radical (unpaired) electrons. The molecule has 1 aliphatic rings. The van der Waals surface area contributed by atoms with E-state index in [9.17, 15) is 22.3 Å². The lowest BCUT2D eigenvalue weighted by Crippen LogP contribution is -2.25. The molecule has 0 aliphatic carbocycles. The highest BCUT2D eigenvalue weighted by atomic mass is 32.2. The summed E-state index contributed by atoms with van der Waals surface area (Å²) in [5, 5.41) is 3.09. The molecule has 1 saturated heterocycles. The minimum Gasteiger partial charge on any atom is -0.755 e. The number of fused-ring (bicyclic) bond motifs is 6. The molecule has 52 heavy (non-hydrogen) atoms. The Kier molecular flexibility index (Phi) is 8.43. The summed E-state index contributed by atoms with van der Waals surface area (Å²) in [5.41, 5.74) is 2.50. The number of pyridine rings is 1. The molecule has 0 spiro atoms. The second kappa shape index (κ2) is 13.0. The molecule has 0 bridgehead atoms. The fourth-order valence-electron chi connectivity index (χ4n) is 7.06. The number of nitrogens with zero attached hydrogens (tertiary/aromatic N) is 5. The van der Waals surface area contributed by atoms with Crippen molar-refractivity contribution in [3.05, 3.63) is 95.6 Å². The molecule has 4 aromatic heterocycles. The van der Waals surface area contributed by atoms with E-state index in [2.05, 4.69) is 5.32 Å². The topological polar surface area (TPSA) is 119 Å². The van der Waals surface area contributed by atoms with Crippen LogP contribution in [0.5, 0.6) is 0 Å². The molecule has 5 heterocycles. The van der Waals surface area contributed by atoms with Gasteiger partial charge in [0.2, 0.25) is 0 Å². The predicted octanol–water partition coefficient (Wildman–Crippen LogP) is 7.06. The van der Waals surface area contributed by atoms with Gasteiger partial charge >= 0.3 is 0 Å². The number of carbonyl (C=O) groups excluding carboxylic acids is 1. The molecule has 10 nitrogen and oxygen atoms in total. The van der Waals surface area contributed by atoms with Gasteiger partial charge in [-0.3, -0.25) is 18.3 Å². The maximum absolute atomic E-state index is 15.2. The Morgan fingerprint density at radius 3 is 2.56 bits per heavy atom. The summed E-state index contributed by atoms with van der Waals surface area (Å²) >= 11 is -2.76. The summed E-state index contributed by atoms with van der Waals surface area (Å²) in [6.07, 6.45) is -0.529. The number of nitrogens with one attached hydrogen (secondary N) is 1. The van der Waals surface area contributed by atoms with Crippen LogP contribution in [0.25, 0.3) is 61.0 Å². The van der Waals surface area contributed by atoms with E-state index in [1.165, 1.54) is 19.2 Å². The van der Waals surface area contributed by atoms with Gasteiger partial charge in [-0.2, -0.15) is 0 Å². The van der Waals surface area contributed by atoms with Crippen molar-refractivity contribution in [2.75, 3.05) is 31.0 Å². The van der Waals surface area contributed by atoms with Gasteiger partial charge in [-0.05, 0) is 61.9 Å². The van der Waals surface area contributed by atoms with Crippen molar-refractivity contribution in [2.24, 2.45) is 0 Å². The van der Waals surface area contributed by atoms with E-state index in [0.29, 0.717) is 58.9 Å². The Bertz CT molecular complexity index is 2610. The average Bonchev–Trinajstić information content (AvgIpc) is 3.83. The van der Waals surface area contributed by atoms with Gasteiger partial charge in [0, 0.05) is 66.4 Å². The Hall–Kier alpha value is -5.38. The third kappa shape index (κ3) is 5.56. The number of alkyl halides is 1. The van der Waals surface area contributed by atoms with Crippen LogP contribution in [-0.4, -0.2) is 66.8 Å². The molecule has 266 valence electrons. The van der Waals surface area contributed by atoms with Crippen LogP contribution in [0.4, 0.5) is 23.2 Å². The van der Waals surface area contributed by atoms with E-state index < -0.39 is 40.8 Å². The Morgan fingerprint density at radius 2 is 1.85 bits per heavy atom. The van der Waals surface area contributed by atoms with Crippen molar-refractivity contribution in [3.8, 4) is 22.6 Å². The van der Waals surface area contributed by atoms with Crippen molar-refractivity contribution in [1.82, 2.24) is 24.6 Å². The Morgan fingerprint density at radius 1 is 1.02 bits per heavy atom. The number of halogens is 4. The normalized spacial score (nSPS) is 15.7. The molecular formula is C37H29F4N6O4S-. The minimum absolute atomic E-state index is 0.0133. The molecule has 0 saturated carbocycles. The van der Waals surface area contributed by atoms with E-state index in [4.69, 9.17) is 14.4 Å². The smallest absolute Gasteiger partial charge is 0.255 e. The average molecular weight is 730 g/mol. The van der Waals surface area contributed by atoms with Crippen molar-refractivity contribution < 1.29 is 35.5 Å². The predicted molar refractivity (Wildman–Crippen MR) is 189 cm³/mol. The lowest BCUT2D eigenvalue weighted by Gasteiger charge is -2.27. The molecule has 8 rings (SSSR count).